The molecule has 2 N–H and O–H groups in total. The SMILES string of the molecule is Cc1cccc(NC(=O)NCC(=O)N2C(Cc3ccccc3)SC[C@H]2C(=O)OC(C)(C)C)c1. The van der Waals surface area contributed by atoms with E-state index in [9.17, 15) is 14.4 Å². The molecule has 176 valence electrons. The van der Waals surface area contributed by atoms with Crippen LogP contribution in [0, 0.1) is 6.92 Å². The lowest BCUT2D eigenvalue weighted by atomic mass is 10.1. The molecule has 0 spiro atoms. The Morgan fingerprint density at radius 2 is 1.82 bits per heavy atom. The summed E-state index contributed by atoms with van der Waals surface area (Å²) in [6, 6.07) is 16.0. The van der Waals surface area contributed by atoms with Crippen LogP contribution in [0.3, 0.4) is 0 Å². The zero-order valence-corrected chi connectivity index (χ0v) is 20.3. The highest BCUT2D eigenvalue weighted by Gasteiger charge is 2.43. The summed E-state index contributed by atoms with van der Waals surface area (Å²) in [5, 5.41) is 5.12. The van der Waals surface area contributed by atoms with E-state index in [0.717, 1.165) is 11.1 Å². The summed E-state index contributed by atoms with van der Waals surface area (Å²) >= 11 is 1.55. The van der Waals surface area contributed by atoms with Crippen LogP contribution in [-0.2, 0) is 20.7 Å². The zero-order valence-electron chi connectivity index (χ0n) is 19.5. The van der Waals surface area contributed by atoms with Crippen molar-refractivity contribution in [1.82, 2.24) is 10.2 Å². The Balaban J connectivity index is 1.68. The molecule has 3 amide bonds. The van der Waals surface area contributed by atoms with Crippen molar-refractivity contribution >= 4 is 35.4 Å². The van der Waals surface area contributed by atoms with E-state index < -0.39 is 23.6 Å². The van der Waals surface area contributed by atoms with Gasteiger partial charge in [0.25, 0.3) is 0 Å². The van der Waals surface area contributed by atoms with Crippen molar-refractivity contribution in [3.05, 3.63) is 65.7 Å². The van der Waals surface area contributed by atoms with Gasteiger partial charge in [-0.25, -0.2) is 9.59 Å². The van der Waals surface area contributed by atoms with E-state index in [0.29, 0.717) is 17.9 Å². The molecule has 3 rings (SSSR count). The van der Waals surface area contributed by atoms with E-state index in [1.165, 1.54) is 0 Å². The van der Waals surface area contributed by atoms with E-state index in [1.54, 1.807) is 43.5 Å². The maximum Gasteiger partial charge on any atom is 0.330 e. The standard InChI is InChI=1S/C25H31N3O4S/c1-17-9-8-12-19(13-17)27-24(31)26-15-21(29)28-20(23(30)32-25(2,3)4)16-33-22(28)14-18-10-6-5-7-11-18/h5-13,20,22H,14-16H2,1-4H3,(H2,26,27,31)/t20-,22?/m0/s1. The second-order valence-corrected chi connectivity index (χ2v) is 10.2. The van der Waals surface area contributed by atoms with Gasteiger partial charge in [-0.05, 0) is 51.0 Å². The Hall–Kier alpha value is -3.00. The molecule has 0 radical (unpaired) electrons. The van der Waals surface area contributed by atoms with Gasteiger partial charge in [-0.1, -0.05) is 42.5 Å². The molecule has 0 aromatic heterocycles. The largest absolute Gasteiger partial charge is 0.458 e. The molecule has 0 saturated carbocycles. The van der Waals surface area contributed by atoms with Crippen molar-refractivity contribution in [2.24, 2.45) is 0 Å². The van der Waals surface area contributed by atoms with E-state index >= 15 is 0 Å². The van der Waals surface area contributed by atoms with Gasteiger partial charge in [0.05, 0.1) is 11.9 Å². The van der Waals surface area contributed by atoms with Crippen molar-refractivity contribution in [2.45, 2.75) is 51.1 Å². The first kappa shape index (κ1) is 24.6. The molecule has 2 aromatic rings. The average molecular weight is 470 g/mol. The minimum atomic E-state index is -0.697. The third kappa shape index (κ3) is 7.25. The quantitative estimate of drug-likeness (QED) is 0.625. The van der Waals surface area contributed by atoms with Crippen molar-refractivity contribution in [3.63, 3.8) is 0 Å². The van der Waals surface area contributed by atoms with Gasteiger partial charge in [0.2, 0.25) is 5.91 Å². The van der Waals surface area contributed by atoms with E-state index in [2.05, 4.69) is 10.6 Å². The number of anilines is 1. The molecule has 8 heteroatoms. The number of carbonyl (C=O) groups excluding carboxylic acids is 3. The highest BCUT2D eigenvalue weighted by atomic mass is 32.2. The van der Waals surface area contributed by atoms with Crippen LogP contribution in [0.15, 0.2) is 54.6 Å². The Morgan fingerprint density at radius 3 is 2.48 bits per heavy atom. The summed E-state index contributed by atoms with van der Waals surface area (Å²) in [4.78, 5) is 40.0. The van der Waals surface area contributed by atoms with Crippen molar-refractivity contribution in [1.29, 1.82) is 0 Å². The number of aryl methyl sites for hydroxylation is 1. The lowest BCUT2D eigenvalue weighted by Crippen LogP contribution is -2.51. The number of amides is 3. The fourth-order valence-corrected chi connectivity index (χ4v) is 5.00. The van der Waals surface area contributed by atoms with E-state index in [-0.39, 0.29) is 17.8 Å². The van der Waals surface area contributed by atoms with E-state index in [1.807, 2.05) is 55.5 Å². The normalized spacial score (nSPS) is 18.0. The minimum Gasteiger partial charge on any atom is -0.458 e. The molecular formula is C25H31N3O4S. The van der Waals surface area contributed by atoms with Gasteiger partial charge in [-0.15, -0.1) is 11.8 Å². The monoisotopic (exact) mass is 469 g/mol. The average Bonchev–Trinajstić information content (AvgIpc) is 3.15. The Bertz CT molecular complexity index is 991. The molecule has 2 atom stereocenters. The highest BCUT2D eigenvalue weighted by molar-refractivity contribution is 8.00. The minimum absolute atomic E-state index is 0.219. The maximum absolute atomic E-state index is 13.2. The van der Waals surface area contributed by atoms with Crippen LogP contribution in [0.1, 0.15) is 31.9 Å². The van der Waals surface area contributed by atoms with Crippen LogP contribution in [0.5, 0.6) is 0 Å². The van der Waals surface area contributed by atoms with Crippen LogP contribution < -0.4 is 10.6 Å². The molecule has 1 saturated heterocycles. The van der Waals surface area contributed by atoms with Gasteiger partial charge in [-0.3, -0.25) is 4.79 Å². The molecule has 1 aliphatic heterocycles. The predicted octanol–water partition coefficient (Wildman–Crippen LogP) is 3.97. The molecule has 1 aliphatic rings. The van der Waals surface area contributed by atoms with Gasteiger partial charge in [0, 0.05) is 17.9 Å². The number of carbonyl (C=O) groups is 3. The van der Waals surface area contributed by atoms with Gasteiger partial charge in [-0.2, -0.15) is 0 Å². The number of hydrogen-bond donors (Lipinski definition) is 2. The molecule has 0 aliphatic carbocycles. The fourth-order valence-electron chi connectivity index (χ4n) is 3.57. The lowest BCUT2D eigenvalue weighted by molar-refractivity contribution is -0.163. The van der Waals surface area contributed by atoms with Gasteiger partial charge in [0.15, 0.2) is 0 Å². The summed E-state index contributed by atoms with van der Waals surface area (Å²) in [5.41, 5.74) is 2.08. The number of urea groups is 1. The number of hydrogen-bond acceptors (Lipinski definition) is 5. The summed E-state index contributed by atoms with van der Waals surface area (Å²) in [6.07, 6.45) is 0.603. The lowest BCUT2D eigenvalue weighted by Gasteiger charge is -2.30. The molecule has 1 unspecified atom stereocenters. The van der Waals surface area contributed by atoms with Gasteiger partial charge < -0.3 is 20.3 Å². The van der Waals surface area contributed by atoms with Crippen LogP contribution in [-0.4, -0.2) is 52.1 Å². The number of nitrogens with one attached hydrogen (secondary N) is 2. The molecular weight excluding hydrogens is 438 g/mol. The first-order valence-corrected chi connectivity index (χ1v) is 12.0. The number of esters is 1. The Kier molecular flexibility index (Phi) is 8.02. The number of benzene rings is 2. The summed E-state index contributed by atoms with van der Waals surface area (Å²) in [5.74, 6) is -0.299. The molecule has 2 aromatic carbocycles. The van der Waals surface area contributed by atoms with Crippen molar-refractivity contribution in [2.75, 3.05) is 17.6 Å². The van der Waals surface area contributed by atoms with Gasteiger partial charge >= 0.3 is 12.0 Å². The van der Waals surface area contributed by atoms with E-state index in [4.69, 9.17) is 4.74 Å². The number of thioether (sulfide) groups is 1. The maximum atomic E-state index is 13.2. The summed E-state index contributed by atoms with van der Waals surface area (Å²) < 4.78 is 5.57. The van der Waals surface area contributed by atoms with Crippen LogP contribution >= 0.6 is 11.8 Å². The van der Waals surface area contributed by atoms with Crippen LogP contribution in [0.2, 0.25) is 0 Å². The molecule has 1 heterocycles. The molecule has 7 nitrogen and oxygen atoms in total. The third-order valence-corrected chi connectivity index (χ3v) is 6.28. The number of nitrogens with zero attached hydrogens (tertiary/aromatic N) is 1. The molecule has 1 fully saturated rings. The predicted molar refractivity (Wildman–Crippen MR) is 131 cm³/mol. The third-order valence-electron chi connectivity index (χ3n) is 4.99. The Labute approximate surface area is 199 Å². The fraction of sp³-hybridized carbons (Fsp3) is 0.400. The van der Waals surface area contributed by atoms with Crippen LogP contribution in [0.4, 0.5) is 10.5 Å². The van der Waals surface area contributed by atoms with Crippen LogP contribution in [0.25, 0.3) is 0 Å². The van der Waals surface area contributed by atoms with Crippen molar-refractivity contribution in [3.8, 4) is 0 Å². The van der Waals surface area contributed by atoms with Crippen molar-refractivity contribution < 1.29 is 19.1 Å². The zero-order chi connectivity index (χ0) is 24.0. The molecule has 33 heavy (non-hydrogen) atoms. The van der Waals surface area contributed by atoms with Gasteiger partial charge in [0.1, 0.15) is 11.6 Å². The smallest absolute Gasteiger partial charge is 0.330 e. The topological polar surface area (TPSA) is 87.7 Å². The second kappa shape index (κ2) is 10.7. The first-order chi connectivity index (χ1) is 15.6. The highest BCUT2D eigenvalue weighted by Crippen LogP contribution is 2.33. The first-order valence-electron chi connectivity index (χ1n) is 10.9. The molecule has 0 bridgehead atoms. The second-order valence-electron chi connectivity index (χ2n) is 9.01. The summed E-state index contributed by atoms with van der Waals surface area (Å²) in [7, 11) is 0. The number of ether oxygens (including phenoxy) is 1. The Morgan fingerprint density at radius 1 is 1.09 bits per heavy atom. The number of rotatable bonds is 6. The summed E-state index contributed by atoms with van der Waals surface area (Å²) in [6.45, 7) is 7.12.